The Bertz CT molecular complexity index is 2160. The summed E-state index contributed by atoms with van der Waals surface area (Å²) in [5, 5.41) is 11.5. The minimum absolute atomic E-state index is 0. The quantitative estimate of drug-likeness (QED) is 0.0827. The molecule has 0 atom stereocenters. The molecule has 3 nitrogen and oxygen atoms in total. The van der Waals surface area contributed by atoms with Crippen LogP contribution >= 0.6 is 11.3 Å². The molecule has 2 heterocycles. The summed E-state index contributed by atoms with van der Waals surface area (Å²) in [7, 11) is 0. The van der Waals surface area contributed by atoms with E-state index in [1.54, 1.807) is 20.8 Å². The number of thiophene rings is 1. The van der Waals surface area contributed by atoms with Gasteiger partial charge in [-0.3, -0.25) is 9.78 Å². The number of hydrogen-bond donors (Lipinski definition) is 1. The van der Waals surface area contributed by atoms with E-state index < -0.39 is 29.1 Å². The molecule has 0 aliphatic rings. The maximum atomic E-state index is 14.2. The predicted molar refractivity (Wildman–Crippen MR) is 200 cm³/mol. The van der Waals surface area contributed by atoms with Crippen LogP contribution in [0.4, 0.5) is 26.3 Å². The van der Waals surface area contributed by atoms with Crippen LogP contribution in [-0.4, -0.2) is 22.1 Å². The van der Waals surface area contributed by atoms with Crippen molar-refractivity contribution in [3.05, 3.63) is 99.9 Å². The zero-order valence-corrected chi connectivity index (χ0v) is 34.8. The van der Waals surface area contributed by atoms with Crippen LogP contribution < -0.4 is 0 Å². The van der Waals surface area contributed by atoms with Crippen LogP contribution in [0, 0.1) is 45.1 Å². The molecule has 0 aliphatic carbocycles. The van der Waals surface area contributed by atoms with Crippen molar-refractivity contribution in [2.24, 2.45) is 11.3 Å². The summed E-state index contributed by atoms with van der Waals surface area (Å²) in [6.07, 6.45) is -7.47. The first-order valence-corrected chi connectivity index (χ1v) is 17.6. The first-order chi connectivity index (χ1) is 23.8. The standard InChI is InChI=1S/C32H29F3NS.C10H15F3O2.Ir/c1-17-12-18(2)26(19(3)13-17)29-20(4)27-25(32(33,34)35)16-36-28(30(27)37-29)22-14-21-10-8-9-11-23(21)24(15-22)31(5,6)7;1-6(2)7(14)5-8(15)9(3,4)10(11,12)13;/h8-13,15-16H,1-7H3;5-6,14H,1-4H3;/q-1;;/b;7-5-;. The Morgan fingerprint density at radius 2 is 1.45 bits per heavy atom. The van der Waals surface area contributed by atoms with Crippen molar-refractivity contribution in [3.63, 3.8) is 0 Å². The molecule has 11 heteroatoms. The zero-order valence-electron chi connectivity index (χ0n) is 31.6. The van der Waals surface area contributed by atoms with Crippen LogP contribution in [-0.2, 0) is 36.5 Å². The molecule has 0 aliphatic heterocycles. The number of halogens is 6. The maximum Gasteiger partial charge on any atom is 0.418 e. The van der Waals surface area contributed by atoms with Gasteiger partial charge in [0.1, 0.15) is 5.41 Å². The number of nitrogens with zero attached hydrogens (tertiary/aromatic N) is 1. The second-order valence-electron chi connectivity index (χ2n) is 15.2. The number of carbonyl (C=O) groups is 1. The van der Waals surface area contributed by atoms with Crippen molar-refractivity contribution in [2.75, 3.05) is 0 Å². The molecule has 0 amide bonds. The van der Waals surface area contributed by atoms with E-state index in [4.69, 9.17) is 0 Å². The maximum absolute atomic E-state index is 14.2. The summed E-state index contributed by atoms with van der Waals surface area (Å²) < 4.78 is 80.5. The van der Waals surface area contributed by atoms with Gasteiger partial charge in [-0.15, -0.1) is 40.5 Å². The SMILES string of the molecule is CC(C)/C(O)=C/C(=O)C(C)(C)C(F)(F)F.Cc1cc(C)c(-c2sc3c(-c4[c-]c5ccccc5c(C(C)(C)C)c4)ncc(C(F)(F)F)c3c2C)c(C)c1.[Ir]. The van der Waals surface area contributed by atoms with E-state index in [2.05, 4.69) is 56.1 Å². The van der Waals surface area contributed by atoms with Gasteiger partial charge >= 0.3 is 12.4 Å². The third-order valence-electron chi connectivity index (χ3n) is 9.20. The number of aliphatic hydroxyl groups excluding tert-OH is 1. The molecule has 0 saturated heterocycles. The fourth-order valence-corrected chi connectivity index (χ4v) is 7.55. The van der Waals surface area contributed by atoms with Gasteiger partial charge in [0.05, 0.1) is 11.3 Å². The van der Waals surface area contributed by atoms with Crippen LogP contribution in [0.15, 0.2) is 60.5 Å². The molecule has 0 saturated carbocycles. The largest absolute Gasteiger partial charge is 0.512 e. The van der Waals surface area contributed by atoms with E-state index in [0.29, 0.717) is 27.6 Å². The second kappa shape index (κ2) is 15.7. The van der Waals surface area contributed by atoms with Crippen LogP contribution in [0.5, 0.6) is 0 Å². The molecule has 53 heavy (non-hydrogen) atoms. The number of allylic oxidation sites excluding steroid dienone is 2. The molecule has 0 bridgehead atoms. The van der Waals surface area contributed by atoms with Crippen LogP contribution in [0.3, 0.4) is 0 Å². The van der Waals surface area contributed by atoms with E-state index in [1.807, 2.05) is 39.0 Å². The van der Waals surface area contributed by atoms with Gasteiger partial charge in [0.15, 0.2) is 5.78 Å². The first kappa shape index (κ1) is 43.9. The van der Waals surface area contributed by atoms with E-state index in [-0.39, 0.29) is 42.6 Å². The minimum Gasteiger partial charge on any atom is -0.512 e. The number of pyridine rings is 1. The third-order valence-corrected chi connectivity index (χ3v) is 10.5. The topological polar surface area (TPSA) is 50.2 Å². The second-order valence-corrected chi connectivity index (χ2v) is 16.2. The number of aryl methyl sites for hydroxylation is 4. The Labute approximate surface area is 324 Å². The monoisotopic (exact) mass is 933 g/mol. The number of ketones is 1. The van der Waals surface area contributed by atoms with Crippen LogP contribution in [0.2, 0.25) is 0 Å². The number of benzene rings is 3. The number of aliphatic hydroxyl groups is 1. The Hall–Kier alpha value is -3.53. The van der Waals surface area contributed by atoms with Crippen molar-refractivity contribution in [3.8, 4) is 21.7 Å². The molecule has 1 N–H and O–H groups in total. The normalized spacial score (nSPS) is 12.9. The summed E-state index contributed by atoms with van der Waals surface area (Å²) in [5.74, 6) is -1.84. The van der Waals surface area contributed by atoms with Gasteiger partial charge in [0.2, 0.25) is 0 Å². The smallest absolute Gasteiger partial charge is 0.418 e. The minimum atomic E-state index is -4.61. The molecule has 1 radical (unpaired) electrons. The van der Waals surface area contributed by atoms with Gasteiger partial charge in [-0.05, 0) is 69.2 Å². The van der Waals surface area contributed by atoms with Crippen molar-refractivity contribution in [2.45, 2.75) is 93.9 Å². The van der Waals surface area contributed by atoms with Gasteiger partial charge in [-0.2, -0.15) is 26.3 Å². The molecule has 5 rings (SSSR count). The van der Waals surface area contributed by atoms with E-state index >= 15 is 0 Å². The fraction of sp³-hybridized carbons (Fsp3) is 0.381. The number of rotatable bonds is 5. The van der Waals surface area contributed by atoms with Gasteiger partial charge in [0.25, 0.3) is 0 Å². The fourth-order valence-electron chi connectivity index (χ4n) is 6.04. The molecule has 287 valence electrons. The van der Waals surface area contributed by atoms with Crippen molar-refractivity contribution < 1.29 is 56.3 Å². The average Bonchev–Trinajstić information content (AvgIpc) is 3.34. The Morgan fingerprint density at radius 1 is 0.887 bits per heavy atom. The number of carbonyl (C=O) groups excluding carboxylic acids is 1. The van der Waals surface area contributed by atoms with Gasteiger partial charge in [0, 0.05) is 59.0 Å². The van der Waals surface area contributed by atoms with E-state index in [9.17, 15) is 36.2 Å². The number of fused-ring (bicyclic) bond motifs is 2. The molecular weight excluding hydrogens is 889 g/mol. The van der Waals surface area contributed by atoms with Crippen molar-refractivity contribution >= 4 is 38.0 Å². The molecule has 0 unspecified atom stereocenters. The number of hydrogen-bond acceptors (Lipinski definition) is 4. The van der Waals surface area contributed by atoms with Crippen LogP contribution in [0.1, 0.15) is 81.8 Å². The summed E-state index contributed by atoms with van der Waals surface area (Å²) in [6.45, 7) is 19.1. The van der Waals surface area contributed by atoms with E-state index in [1.165, 1.54) is 11.3 Å². The molecule has 3 aromatic carbocycles. The molecular formula is C42H44F6IrNO2S-. The Balaban J connectivity index is 0.000000403. The van der Waals surface area contributed by atoms with Gasteiger partial charge < -0.3 is 5.11 Å². The molecule has 0 spiro atoms. The van der Waals surface area contributed by atoms with E-state index in [0.717, 1.165) is 63.5 Å². The molecule has 2 aromatic heterocycles. The summed E-state index contributed by atoms with van der Waals surface area (Å²) in [4.78, 5) is 16.6. The molecule has 5 aromatic rings. The number of aromatic nitrogens is 1. The van der Waals surface area contributed by atoms with Crippen molar-refractivity contribution in [1.82, 2.24) is 4.98 Å². The van der Waals surface area contributed by atoms with Crippen molar-refractivity contribution in [1.29, 1.82) is 0 Å². The Morgan fingerprint density at radius 3 is 1.96 bits per heavy atom. The summed E-state index contributed by atoms with van der Waals surface area (Å²) in [6, 6.07) is 17.7. The average molecular weight is 933 g/mol. The van der Waals surface area contributed by atoms with Gasteiger partial charge in [-0.25, -0.2) is 0 Å². The number of alkyl halides is 6. The third kappa shape index (κ3) is 9.06. The molecule has 0 fully saturated rings. The predicted octanol–water partition coefficient (Wildman–Crippen LogP) is 13.4. The van der Waals surface area contributed by atoms with Gasteiger partial charge in [-0.1, -0.05) is 81.5 Å². The van der Waals surface area contributed by atoms with Crippen LogP contribution in [0.25, 0.3) is 42.6 Å². The first-order valence-electron chi connectivity index (χ1n) is 16.8. The summed E-state index contributed by atoms with van der Waals surface area (Å²) >= 11 is 1.40. The zero-order chi connectivity index (χ0) is 39.3. The summed E-state index contributed by atoms with van der Waals surface area (Å²) in [5.41, 5.74) is 3.95. The Kier molecular flexibility index (Phi) is 13.0.